The summed E-state index contributed by atoms with van der Waals surface area (Å²) in [6, 6.07) is 21.2. The van der Waals surface area contributed by atoms with Crippen molar-refractivity contribution in [2.24, 2.45) is 5.92 Å². The topological polar surface area (TPSA) is 73.7 Å². The summed E-state index contributed by atoms with van der Waals surface area (Å²) in [5, 5.41) is 2.04. The van der Waals surface area contributed by atoms with Crippen molar-refractivity contribution in [2.75, 3.05) is 31.8 Å². The molecule has 7 nitrogen and oxygen atoms in total. The van der Waals surface area contributed by atoms with Gasteiger partial charge in [-0.3, -0.25) is 14.5 Å². The van der Waals surface area contributed by atoms with Crippen LogP contribution in [0.25, 0.3) is 21.8 Å². The van der Waals surface area contributed by atoms with Gasteiger partial charge in [0.2, 0.25) is 11.9 Å². The van der Waals surface area contributed by atoms with E-state index in [0.717, 1.165) is 27.4 Å². The van der Waals surface area contributed by atoms with Crippen LogP contribution in [-0.2, 0) is 19.1 Å². The Bertz CT molecular complexity index is 1360. The summed E-state index contributed by atoms with van der Waals surface area (Å²) in [7, 11) is 1.63. The van der Waals surface area contributed by atoms with Gasteiger partial charge in [-0.2, -0.15) is 0 Å². The highest BCUT2D eigenvalue weighted by Gasteiger charge is 2.48. The first-order valence-corrected chi connectivity index (χ1v) is 11.6. The highest BCUT2D eigenvalue weighted by atomic mass is 16.5. The second-order valence-corrected chi connectivity index (χ2v) is 8.35. The van der Waals surface area contributed by atoms with Gasteiger partial charge in [0.1, 0.15) is 0 Å². The highest BCUT2D eigenvalue weighted by molar-refractivity contribution is 6.09. The first kappa shape index (κ1) is 22.1. The molecule has 0 aliphatic carbocycles. The molecule has 0 unspecified atom stereocenters. The number of ether oxygens (including phenoxy) is 2. The van der Waals surface area contributed by atoms with Gasteiger partial charge >= 0.3 is 5.97 Å². The number of anilines is 1. The SMILES string of the molecule is CCOC(=O)[C@H]1C(=O)N(CCCOC)c2nc3ccccc3n2[C@@H]1c1cccc2ccccc12. The summed E-state index contributed by atoms with van der Waals surface area (Å²) in [6.45, 7) is 2.85. The van der Waals surface area contributed by atoms with E-state index in [1.165, 1.54) is 0 Å². The number of amides is 1. The van der Waals surface area contributed by atoms with Crippen LogP contribution in [0.3, 0.4) is 0 Å². The number of carbonyl (C=O) groups excluding carboxylic acids is 2. The zero-order valence-electron chi connectivity index (χ0n) is 19.3. The molecule has 2 atom stereocenters. The normalized spacial score (nSPS) is 17.8. The molecule has 0 spiro atoms. The Hall–Kier alpha value is -3.71. The van der Waals surface area contributed by atoms with E-state index in [1.54, 1.807) is 18.9 Å². The van der Waals surface area contributed by atoms with Crippen LogP contribution in [0.15, 0.2) is 66.7 Å². The molecule has 1 aromatic heterocycles. The number of imidazole rings is 1. The Balaban J connectivity index is 1.79. The summed E-state index contributed by atoms with van der Waals surface area (Å²) >= 11 is 0. The van der Waals surface area contributed by atoms with Crippen LogP contribution in [0.2, 0.25) is 0 Å². The summed E-state index contributed by atoms with van der Waals surface area (Å²) in [5.74, 6) is -1.31. The van der Waals surface area contributed by atoms with Crippen LogP contribution in [0, 0.1) is 5.92 Å². The van der Waals surface area contributed by atoms with Gasteiger partial charge in [-0.1, -0.05) is 54.6 Å². The number of esters is 1. The van der Waals surface area contributed by atoms with Crippen LogP contribution in [0.1, 0.15) is 24.9 Å². The first-order chi connectivity index (χ1) is 16.7. The quantitative estimate of drug-likeness (QED) is 0.234. The Morgan fingerprint density at radius 3 is 2.62 bits per heavy atom. The average Bonchev–Trinajstić information content (AvgIpc) is 3.24. The van der Waals surface area contributed by atoms with Crippen molar-refractivity contribution in [2.45, 2.75) is 19.4 Å². The van der Waals surface area contributed by atoms with Gasteiger partial charge in [-0.15, -0.1) is 0 Å². The van der Waals surface area contributed by atoms with E-state index in [0.29, 0.717) is 25.5 Å². The van der Waals surface area contributed by atoms with Gasteiger partial charge in [-0.25, -0.2) is 4.98 Å². The lowest BCUT2D eigenvalue weighted by Gasteiger charge is -2.38. The van der Waals surface area contributed by atoms with Crippen molar-refractivity contribution in [1.29, 1.82) is 0 Å². The standard InChI is InChI=1S/C27H27N3O4/c1-3-34-26(32)23-24(20-13-8-11-18-10-4-5-12-19(18)20)30-22-15-7-6-14-21(22)28-27(30)29(25(23)31)16-9-17-33-2/h4-8,10-15,23-24H,3,9,16-17H2,1-2H3/t23-,24-/m1/s1. The maximum absolute atomic E-state index is 13.9. The molecule has 4 aromatic rings. The van der Waals surface area contributed by atoms with E-state index in [1.807, 2.05) is 71.3 Å². The zero-order valence-corrected chi connectivity index (χ0v) is 19.3. The number of nitrogens with zero attached hydrogens (tertiary/aromatic N) is 3. The highest BCUT2D eigenvalue weighted by Crippen LogP contribution is 2.43. The van der Waals surface area contributed by atoms with E-state index in [2.05, 4.69) is 0 Å². The van der Waals surface area contributed by atoms with Gasteiger partial charge in [-0.05, 0) is 41.8 Å². The molecular weight excluding hydrogens is 430 g/mol. The van der Waals surface area contributed by atoms with E-state index in [4.69, 9.17) is 14.5 Å². The van der Waals surface area contributed by atoms with Gasteiger partial charge in [0.05, 0.1) is 23.7 Å². The largest absolute Gasteiger partial charge is 0.465 e. The van der Waals surface area contributed by atoms with Crippen molar-refractivity contribution < 1.29 is 19.1 Å². The molecule has 5 rings (SSSR count). The third-order valence-electron chi connectivity index (χ3n) is 6.36. The number of rotatable bonds is 7. The number of aromatic nitrogens is 2. The van der Waals surface area contributed by atoms with E-state index in [-0.39, 0.29) is 12.5 Å². The van der Waals surface area contributed by atoms with E-state index < -0.39 is 17.9 Å². The van der Waals surface area contributed by atoms with E-state index >= 15 is 0 Å². The van der Waals surface area contributed by atoms with Crippen molar-refractivity contribution in [3.8, 4) is 0 Å². The average molecular weight is 458 g/mol. The summed E-state index contributed by atoms with van der Waals surface area (Å²) < 4.78 is 12.7. The minimum atomic E-state index is -1.03. The molecular formula is C27H27N3O4. The molecule has 1 aliphatic rings. The molecule has 7 heteroatoms. The summed E-state index contributed by atoms with van der Waals surface area (Å²) in [4.78, 5) is 33.7. The predicted octanol–water partition coefficient (Wildman–Crippen LogP) is 4.34. The number of hydrogen-bond donors (Lipinski definition) is 0. The molecule has 0 saturated carbocycles. The number of para-hydroxylation sites is 2. The van der Waals surface area contributed by atoms with Crippen LogP contribution in [0.4, 0.5) is 5.95 Å². The lowest BCUT2D eigenvalue weighted by atomic mass is 9.86. The lowest BCUT2D eigenvalue weighted by molar-refractivity contribution is -0.153. The summed E-state index contributed by atoms with van der Waals surface area (Å²) in [6.07, 6.45) is 0.625. The molecule has 174 valence electrons. The molecule has 2 heterocycles. The zero-order chi connectivity index (χ0) is 23.7. The molecule has 1 aliphatic heterocycles. The smallest absolute Gasteiger partial charge is 0.321 e. The Morgan fingerprint density at radius 2 is 1.79 bits per heavy atom. The monoisotopic (exact) mass is 457 g/mol. The van der Waals surface area contributed by atoms with Crippen molar-refractivity contribution >= 4 is 39.6 Å². The molecule has 0 fully saturated rings. The number of hydrogen-bond acceptors (Lipinski definition) is 5. The van der Waals surface area contributed by atoms with Crippen molar-refractivity contribution in [3.63, 3.8) is 0 Å². The minimum absolute atomic E-state index is 0.200. The Morgan fingerprint density at radius 1 is 1.03 bits per heavy atom. The van der Waals surface area contributed by atoms with Crippen LogP contribution in [0.5, 0.6) is 0 Å². The number of fused-ring (bicyclic) bond motifs is 4. The van der Waals surface area contributed by atoms with Crippen molar-refractivity contribution in [1.82, 2.24) is 9.55 Å². The maximum Gasteiger partial charge on any atom is 0.321 e. The van der Waals surface area contributed by atoms with Gasteiger partial charge in [0.15, 0.2) is 5.92 Å². The number of carbonyl (C=O) groups is 2. The van der Waals surface area contributed by atoms with E-state index in [9.17, 15) is 9.59 Å². The molecule has 34 heavy (non-hydrogen) atoms. The second kappa shape index (κ2) is 9.27. The second-order valence-electron chi connectivity index (χ2n) is 8.35. The molecule has 0 radical (unpaired) electrons. The first-order valence-electron chi connectivity index (χ1n) is 11.6. The Labute approximate surface area is 197 Å². The fraction of sp³-hybridized carbons (Fsp3) is 0.296. The lowest BCUT2D eigenvalue weighted by Crippen LogP contribution is -2.50. The third kappa shape index (κ3) is 3.62. The van der Waals surface area contributed by atoms with Crippen molar-refractivity contribution in [3.05, 3.63) is 72.3 Å². The maximum atomic E-state index is 13.9. The molecule has 3 aromatic carbocycles. The van der Waals surface area contributed by atoms with Crippen LogP contribution in [-0.4, -0.2) is 48.3 Å². The van der Waals surface area contributed by atoms with Gasteiger partial charge in [0, 0.05) is 20.3 Å². The molecule has 0 bridgehead atoms. The van der Waals surface area contributed by atoms with Crippen LogP contribution >= 0.6 is 0 Å². The minimum Gasteiger partial charge on any atom is -0.465 e. The third-order valence-corrected chi connectivity index (χ3v) is 6.36. The molecule has 0 saturated heterocycles. The van der Waals surface area contributed by atoms with Gasteiger partial charge in [0.25, 0.3) is 0 Å². The number of benzene rings is 3. The molecule has 1 amide bonds. The predicted molar refractivity (Wildman–Crippen MR) is 131 cm³/mol. The molecule has 0 N–H and O–H groups in total. The fourth-order valence-electron chi connectivity index (χ4n) is 4.91. The Kier molecular flexibility index (Phi) is 6.02. The van der Waals surface area contributed by atoms with Crippen LogP contribution < -0.4 is 4.90 Å². The summed E-state index contributed by atoms with van der Waals surface area (Å²) in [5.41, 5.74) is 2.54. The fourth-order valence-corrected chi connectivity index (χ4v) is 4.91. The number of methoxy groups -OCH3 is 1. The van der Waals surface area contributed by atoms with Gasteiger partial charge < -0.3 is 14.0 Å².